The second kappa shape index (κ2) is 5.55. The van der Waals surface area contributed by atoms with Crippen molar-refractivity contribution >= 4 is 45.2 Å². The normalized spacial score (nSPS) is 30.9. The zero-order valence-electron chi connectivity index (χ0n) is 9.79. The standard InChI is InChI=1S/C14H18I2/c1-9(8-15)13-7-14(16)10(2)11-5-3-4-6-12(11)13/h3-6,9-10,13-14H,7-8H2,1-2H3. The van der Waals surface area contributed by atoms with Gasteiger partial charge in [-0.15, -0.1) is 0 Å². The van der Waals surface area contributed by atoms with E-state index in [-0.39, 0.29) is 0 Å². The molecule has 0 bridgehead atoms. The summed E-state index contributed by atoms with van der Waals surface area (Å²) in [6, 6.07) is 9.07. The van der Waals surface area contributed by atoms with E-state index in [0.29, 0.717) is 0 Å². The molecule has 0 nitrogen and oxygen atoms in total. The maximum atomic E-state index is 2.64. The molecule has 88 valence electrons. The SMILES string of the molecule is CC(CI)C1CC(I)C(C)c2ccccc21. The summed E-state index contributed by atoms with van der Waals surface area (Å²) in [5.41, 5.74) is 3.21. The van der Waals surface area contributed by atoms with Gasteiger partial charge in [-0.25, -0.2) is 0 Å². The van der Waals surface area contributed by atoms with Crippen LogP contribution in [0.4, 0.5) is 0 Å². The fourth-order valence-corrected chi connectivity index (χ4v) is 4.23. The Morgan fingerprint density at radius 1 is 1.31 bits per heavy atom. The molecule has 0 saturated carbocycles. The lowest BCUT2D eigenvalue weighted by Gasteiger charge is -2.36. The van der Waals surface area contributed by atoms with Gasteiger partial charge in [0.15, 0.2) is 0 Å². The first kappa shape index (κ1) is 13.1. The number of fused-ring (bicyclic) bond motifs is 1. The van der Waals surface area contributed by atoms with Crippen LogP contribution in [0.1, 0.15) is 43.2 Å². The molecule has 0 aliphatic heterocycles. The van der Waals surface area contributed by atoms with E-state index in [9.17, 15) is 0 Å². The van der Waals surface area contributed by atoms with E-state index in [4.69, 9.17) is 0 Å². The smallest absolute Gasteiger partial charge is 0.0182 e. The first-order valence-electron chi connectivity index (χ1n) is 5.94. The van der Waals surface area contributed by atoms with Gasteiger partial charge in [0.2, 0.25) is 0 Å². The minimum absolute atomic E-state index is 0.717. The van der Waals surface area contributed by atoms with Gasteiger partial charge in [0, 0.05) is 8.35 Å². The number of halogens is 2. The number of hydrogen-bond acceptors (Lipinski definition) is 0. The molecule has 0 amide bonds. The van der Waals surface area contributed by atoms with Crippen LogP contribution in [0.3, 0.4) is 0 Å². The third-order valence-corrected chi connectivity index (χ3v) is 6.81. The van der Waals surface area contributed by atoms with Crippen LogP contribution < -0.4 is 0 Å². The highest BCUT2D eigenvalue weighted by molar-refractivity contribution is 14.1. The molecule has 1 aromatic rings. The van der Waals surface area contributed by atoms with E-state index >= 15 is 0 Å². The summed E-state index contributed by atoms with van der Waals surface area (Å²) in [5.74, 6) is 2.28. The molecule has 16 heavy (non-hydrogen) atoms. The summed E-state index contributed by atoms with van der Waals surface area (Å²) in [6.45, 7) is 4.77. The van der Waals surface area contributed by atoms with Gasteiger partial charge in [0.1, 0.15) is 0 Å². The Labute approximate surface area is 126 Å². The van der Waals surface area contributed by atoms with Gasteiger partial charge in [0.05, 0.1) is 0 Å². The Hall–Kier alpha value is 0.680. The monoisotopic (exact) mass is 440 g/mol. The molecule has 1 aromatic carbocycles. The molecular weight excluding hydrogens is 422 g/mol. The molecule has 1 aliphatic rings. The van der Waals surface area contributed by atoms with Crippen LogP contribution in [-0.4, -0.2) is 8.35 Å². The first-order valence-corrected chi connectivity index (χ1v) is 8.71. The van der Waals surface area contributed by atoms with Crippen LogP contribution in [0.15, 0.2) is 24.3 Å². The first-order chi connectivity index (χ1) is 7.65. The van der Waals surface area contributed by atoms with Crippen molar-refractivity contribution in [1.29, 1.82) is 0 Å². The molecule has 4 atom stereocenters. The van der Waals surface area contributed by atoms with Gasteiger partial charge >= 0.3 is 0 Å². The van der Waals surface area contributed by atoms with Crippen molar-refractivity contribution in [1.82, 2.24) is 0 Å². The molecule has 0 radical (unpaired) electrons. The number of benzene rings is 1. The Balaban J connectivity index is 2.40. The Morgan fingerprint density at radius 3 is 2.56 bits per heavy atom. The zero-order valence-corrected chi connectivity index (χ0v) is 14.1. The van der Waals surface area contributed by atoms with E-state index in [0.717, 1.165) is 21.7 Å². The maximum absolute atomic E-state index is 2.64. The molecule has 0 spiro atoms. The Bertz CT molecular complexity index is 362. The summed E-state index contributed by atoms with van der Waals surface area (Å²) < 4.78 is 2.05. The van der Waals surface area contributed by atoms with Crippen molar-refractivity contribution in [3.8, 4) is 0 Å². The van der Waals surface area contributed by atoms with E-state index < -0.39 is 0 Å². The minimum Gasteiger partial charge on any atom is -0.0861 e. The topological polar surface area (TPSA) is 0 Å². The fraction of sp³-hybridized carbons (Fsp3) is 0.571. The van der Waals surface area contributed by atoms with E-state index in [2.05, 4.69) is 83.3 Å². The van der Waals surface area contributed by atoms with Crippen LogP contribution in [0.25, 0.3) is 0 Å². The quantitative estimate of drug-likeness (QED) is 0.441. The molecule has 2 heteroatoms. The zero-order chi connectivity index (χ0) is 11.7. The van der Waals surface area contributed by atoms with Crippen molar-refractivity contribution < 1.29 is 0 Å². The van der Waals surface area contributed by atoms with Crippen molar-refractivity contribution in [2.45, 2.75) is 36.0 Å². The molecule has 0 saturated heterocycles. The molecule has 2 rings (SSSR count). The fourth-order valence-electron chi connectivity index (χ4n) is 2.68. The van der Waals surface area contributed by atoms with Crippen molar-refractivity contribution in [3.63, 3.8) is 0 Å². The van der Waals surface area contributed by atoms with Crippen molar-refractivity contribution in [2.24, 2.45) is 5.92 Å². The predicted molar refractivity (Wildman–Crippen MR) is 88.1 cm³/mol. The third-order valence-electron chi connectivity index (χ3n) is 3.84. The average molecular weight is 440 g/mol. The molecule has 1 aliphatic carbocycles. The van der Waals surface area contributed by atoms with Gasteiger partial charge in [-0.2, -0.15) is 0 Å². The van der Waals surface area contributed by atoms with Crippen LogP contribution in [-0.2, 0) is 0 Å². The molecular formula is C14H18I2. The number of alkyl halides is 2. The number of rotatable bonds is 2. The molecule has 0 fully saturated rings. The van der Waals surface area contributed by atoms with Crippen LogP contribution in [0.5, 0.6) is 0 Å². The second-order valence-corrected chi connectivity index (χ2v) is 7.39. The van der Waals surface area contributed by atoms with E-state index in [1.54, 1.807) is 11.1 Å². The highest BCUT2D eigenvalue weighted by Crippen LogP contribution is 2.45. The molecule has 0 aromatic heterocycles. The van der Waals surface area contributed by atoms with Crippen LogP contribution >= 0.6 is 45.2 Å². The highest BCUT2D eigenvalue weighted by Gasteiger charge is 2.32. The summed E-state index contributed by atoms with van der Waals surface area (Å²) >= 11 is 5.17. The van der Waals surface area contributed by atoms with Crippen molar-refractivity contribution in [3.05, 3.63) is 35.4 Å². The lowest BCUT2D eigenvalue weighted by atomic mass is 9.73. The largest absolute Gasteiger partial charge is 0.0861 e. The van der Waals surface area contributed by atoms with Crippen LogP contribution in [0.2, 0.25) is 0 Å². The van der Waals surface area contributed by atoms with Gasteiger partial charge in [0.25, 0.3) is 0 Å². The van der Waals surface area contributed by atoms with Crippen LogP contribution in [0, 0.1) is 5.92 Å². The summed E-state index contributed by atoms with van der Waals surface area (Å²) in [7, 11) is 0. The number of hydrogen-bond donors (Lipinski definition) is 0. The Morgan fingerprint density at radius 2 is 1.94 bits per heavy atom. The van der Waals surface area contributed by atoms with E-state index in [1.165, 1.54) is 10.8 Å². The predicted octanol–water partition coefficient (Wildman–Crippen LogP) is 5.15. The van der Waals surface area contributed by atoms with E-state index in [1.807, 2.05) is 0 Å². The molecule has 4 unspecified atom stereocenters. The lowest BCUT2D eigenvalue weighted by Crippen LogP contribution is -2.26. The van der Waals surface area contributed by atoms with Crippen molar-refractivity contribution in [2.75, 3.05) is 4.43 Å². The average Bonchev–Trinajstić information content (AvgIpc) is 2.33. The third kappa shape index (κ3) is 2.42. The minimum atomic E-state index is 0.717. The summed E-state index contributed by atoms with van der Waals surface area (Å²) in [6.07, 6.45) is 1.35. The molecule has 0 heterocycles. The lowest BCUT2D eigenvalue weighted by molar-refractivity contribution is 0.433. The maximum Gasteiger partial charge on any atom is 0.0182 e. The summed E-state index contributed by atoms with van der Waals surface area (Å²) in [4.78, 5) is 0. The molecule has 0 N–H and O–H groups in total. The highest BCUT2D eigenvalue weighted by atomic mass is 127. The van der Waals surface area contributed by atoms with Gasteiger partial charge < -0.3 is 0 Å². The summed E-state index contributed by atoms with van der Waals surface area (Å²) in [5, 5.41) is 0. The van der Waals surface area contributed by atoms with Gasteiger partial charge in [-0.3, -0.25) is 0 Å². The van der Waals surface area contributed by atoms with Gasteiger partial charge in [-0.1, -0.05) is 83.3 Å². The Kier molecular flexibility index (Phi) is 4.55. The second-order valence-electron chi connectivity index (χ2n) is 4.91. The van der Waals surface area contributed by atoms with Gasteiger partial charge in [-0.05, 0) is 35.3 Å².